The number of hydrogen-bond acceptors (Lipinski definition) is 2. The summed E-state index contributed by atoms with van der Waals surface area (Å²) in [5.41, 5.74) is 20.8. The fourth-order valence-corrected chi connectivity index (χ4v) is 10.6. The average molecular weight is 747 g/mol. The molecule has 1 atom stereocenters. The Kier molecular flexibility index (Phi) is 8.05. The molecule has 0 saturated heterocycles. The minimum absolute atomic E-state index is 0.0329. The highest BCUT2D eigenvalue weighted by molar-refractivity contribution is 5.87. The Balaban J connectivity index is 1.06. The summed E-state index contributed by atoms with van der Waals surface area (Å²) in [5.74, 6) is 0. The highest BCUT2D eigenvalue weighted by Crippen LogP contribution is 2.56. The molecule has 0 fully saturated rings. The van der Waals surface area contributed by atoms with Gasteiger partial charge in [-0.25, -0.2) is 0 Å². The number of rotatable bonds is 7. The maximum Gasteiger partial charge on any atom is 0.0467 e. The Morgan fingerprint density at radius 3 is 1.41 bits per heavy atom. The molecule has 0 radical (unpaired) electrons. The van der Waals surface area contributed by atoms with Crippen molar-refractivity contribution in [1.82, 2.24) is 0 Å². The van der Waals surface area contributed by atoms with Gasteiger partial charge in [-0.3, -0.25) is 0 Å². The number of fused-ring (bicyclic) bond motifs is 7. The first kappa shape index (κ1) is 34.6. The van der Waals surface area contributed by atoms with Crippen LogP contribution in [0.15, 0.2) is 194 Å². The predicted molar refractivity (Wildman–Crippen MR) is 243 cm³/mol. The van der Waals surface area contributed by atoms with Crippen LogP contribution in [-0.2, 0) is 23.7 Å². The van der Waals surface area contributed by atoms with Gasteiger partial charge in [-0.1, -0.05) is 135 Å². The second kappa shape index (κ2) is 13.5. The molecule has 0 amide bonds. The van der Waals surface area contributed by atoms with Crippen molar-refractivity contribution in [2.24, 2.45) is 0 Å². The van der Waals surface area contributed by atoms with Crippen molar-refractivity contribution in [3.8, 4) is 22.3 Å². The van der Waals surface area contributed by atoms with Crippen LogP contribution < -0.4 is 9.80 Å². The van der Waals surface area contributed by atoms with Crippen LogP contribution in [0.5, 0.6) is 0 Å². The van der Waals surface area contributed by atoms with Gasteiger partial charge in [0.2, 0.25) is 0 Å². The van der Waals surface area contributed by atoms with E-state index in [9.17, 15) is 0 Å². The van der Waals surface area contributed by atoms with Gasteiger partial charge in [0.25, 0.3) is 0 Å². The van der Waals surface area contributed by atoms with Crippen LogP contribution in [0.1, 0.15) is 60.1 Å². The van der Waals surface area contributed by atoms with E-state index >= 15 is 0 Å². The van der Waals surface area contributed by atoms with Gasteiger partial charge in [-0.05, 0) is 154 Å². The Hall–Kier alpha value is -6.64. The van der Waals surface area contributed by atoms with Crippen molar-refractivity contribution < 1.29 is 0 Å². The summed E-state index contributed by atoms with van der Waals surface area (Å²) in [6.07, 6.45) is 4.45. The lowest BCUT2D eigenvalue weighted by molar-refractivity contribution is 0.507. The summed E-state index contributed by atoms with van der Waals surface area (Å²) < 4.78 is 0. The topological polar surface area (TPSA) is 6.48 Å². The molecule has 0 aromatic heterocycles. The Bertz CT molecular complexity index is 2780. The summed E-state index contributed by atoms with van der Waals surface area (Å²) >= 11 is 0. The third-order valence-corrected chi connectivity index (χ3v) is 13.4. The second-order valence-electron chi connectivity index (χ2n) is 16.9. The normalized spacial score (nSPS) is 16.7. The molecule has 0 saturated carbocycles. The maximum atomic E-state index is 2.55. The average Bonchev–Trinajstić information content (AvgIpc) is 3.91. The molecule has 0 unspecified atom stereocenters. The van der Waals surface area contributed by atoms with Crippen LogP contribution >= 0.6 is 0 Å². The van der Waals surface area contributed by atoms with Crippen LogP contribution in [0.25, 0.3) is 22.3 Å². The fourth-order valence-electron chi connectivity index (χ4n) is 10.6. The number of hydrogen-bond donors (Lipinski definition) is 0. The minimum atomic E-state index is -0.0971. The van der Waals surface area contributed by atoms with Gasteiger partial charge in [0.1, 0.15) is 0 Å². The number of benzene rings is 8. The van der Waals surface area contributed by atoms with Gasteiger partial charge in [-0.2, -0.15) is 0 Å². The summed E-state index contributed by atoms with van der Waals surface area (Å²) in [4.78, 5) is 4.92. The van der Waals surface area contributed by atoms with Crippen molar-refractivity contribution in [3.05, 3.63) is 228 Å². The van der Waals surface area contributed by atoms with Gasteiger partial charge in [-0.15, -0.1) is 0 Å². The van der Waals surface area contributed by atoms with E-state index in [0.29, 0.717) is 0 Å². The minimum Gasteiger partial charge on any atom is -0.310 e. The summed E-state index contributed by atoms with van der Waals surface area (Å²) in [6.45, 7) is 4.76. The Labute approximate surface area is 342 Å². The van der Waals surface area contributed by atoms with Crippen molar-refractivity contribution in [2.75, 3.05) is 9.80 Å². The number of nitrogens with zero attached hydrogens (tertiary/aromatic N) is 2. The highest BCUT2D eigenvalue weighted by Gasteiger charge is 2.45. The first-order valence-electron chi connectivity index (χ1n) is 20.9. The molecular formula is C56H46N2. The molecule has 280 valence electrons. The van der Waals surface area contributed by atoms with Crippen molar-refractivity contribution in [2.45, 2.75) is 50.4 Å². The summed E-state index contributed by atoms with van der Waals surface area (Å²) in [5, 5.41) is 0. The lowest BCUT2D eigenvalue weighted by atomic mass is 9.76. The van der Waals surface area contributed by atoms with Crippen molar-refractivity contribution >= 4 is 34.1 Å². The third-order valence-electron chi connectivity index (χ3n) is 13.4. The summed E-state index contributed by atoms with van der Waals surface area (Å²) in [6, 6.07) is 72.2. The van der Waals surface area contributed by atoms with Crippen molar-refractivity contribution in [3.63, 3.8) is 0 Å². The lowest BCUT2D eigenvalue weighted by Crippen LogP contribution is -2.22. The van der Waals surface area contributed by atoms with Crippen LogP contribution in [0, 0.1) is 0 Å². The Morgan fingerprint density at radius 1 is 0.345 bits per heavy atom. The molecule has 0 heterocycles. The van der Waals surface area contributed by atoms with Gasteiger partial charge < -0.3 is 9.80 Å². The van der Waals surface area contributed by atoms with Gasteiger partial charge in [0.05, 0.1) is 0 Å². The molecule has 0 aliphatic heterocycles. The first-order chi connectivity index (χ1) is 28.5. The SMILES string of the molecule is CC1(C)c2ccccc2-c2ccc(N(c3cccc(-c4ccccc4)c3)c3ccc4c(c3)[C@]3(CCc5ccc(N(c6ccccc6)c6ccccc6)cc53)CC4)cc21. The lowest BCUT2D eigenvalue weighted by Gasteiger charge is -2.32. The molecule has 58 heavy (non-hydrogen) atoms. The van der Waals surface area contributed by atoms with Gasteiger partial charge >= 0.3 is 0 Å². The molecule has 2 heteroatoms. The molecule has 0 N–H and O–H groups in total. The van der Waals surface area contributed by atoms with E-state index in [2.05, 4.69) is 218 Å². The zero-order chi connectivity index (χ0) is 38.8. The largest absolute Gasteiger partial charge is 0.310 e. The molecular weight excluding hydrogens is 701 g/mol. The van der Waals surface area contributed by atoms with E-state index < -0.39 is 0 Å². The van der Waals surface area contributed by atoms with Crippen LogP contribution in [0.2, 0.25) is 0 Å². The summed E-state index contributed by atoms with van der Waals surface area (Å²) in [7, 11) is 0. The van der Waals surface area contributed by atoms with Crippen LogP contribution in [-0.4, -0.2) is 0 Å². The monoisotopic (exact) mass is 746 g/mol. The van der Waals surface area contributed by atoms with E-state index in [1.807, 2.05) is 0 Å². The third kappa shape index (κ3) is 5.46. The molecule has 3 aliphatic carbocycles. The molecule has 11 rings (SSSR count). The molecule has 2 nitrogen and oxygen atoms in total. The zero-order valence-corrected chi connectivity index (χ0v) is 33.2. The number of anilines is 6. The smallest absolute Gasteiger partial charge is 0.0467 e. The van der Waals surface area contributed by atoms with E-state index in [0.717, 1.165) is 31.4 Å². The molecule has 0 bridgehead atoms. The van der Waals surface area contributed by atoms with E-state index in [4.69, 9.17) is 0 Å². The quantitative estimate of drug-likeness (QED) is 0.160. The molecule has 8 aromatic carbocycles. The molecule has 1 spiro atoms. The highest BCUT2D eigenvalue weighted by atomic mass is 15.1. The Morgan fingerprint density at radius 2 is 0.793 bits per heavy atom. The maximum absolute atomic E-state index is 2.55. The van der Waals surface area contributed by atoms with E-state index in [1.165, 1.54) is 84.1 Å². The van der Waals surface area contributed by atoms with Crippen molar-refractivity contribution in [1.29, 1.82) is 0 Å². The van der Waals surface area contributed by atoms with Gasteiger partial charge in [0, 0.05) is 45.0 Å². The number of aryl methyl sites for hydroxylation is 2. The standard InChI is InChI=1S/C56H46N2/c1-55(2)51-24-13-12-23-49(51)50-30-29-48(38-54(50)55)58(45-22-14-17-42(35-45)39-15-6-3-7-16-39)47-28-26-41-32-34-56(53(41)37-47)33-31-40-25-27-46(36-52(40)56)57(43-18-8-4-9-19-43)44-20-10-5-11-21-44/h3-30,35-38H,31-34H2,1-2H3/t56-/m1/s1. The first-order valence-corrected chi connectivity index (χ1v) is 20.9. The van der Waals surface area contributed by atoms with Crippen LogP contribution in [0.4, 0.5) is 34.1 Å². The van der Waals surface area contributed by atoms with E-state index in [-0.39, 0.29) is 10.8 Å². The predicted octanol–water partition coefficient (Wildman–Crippen LogP) is 14.8. The number of para-hydroxylation sites is 2. The van der Waals surface area contributed by atoms with Gasteiger partial charge in [0.15, 0.2) is 0 Å². The molecule has 3 aliphatic rings. The van der Waals surface area contributed by atoms with Crippen LogP contribution in [0.3, 0.4) is 0 Å². The molecule has 8 aromatic rings. The zero-order valence-electron chi connectivity index (χ0n) is 33.2. The van der Waals surface area contributed by atoms with E-state index in [1.54, 1.807) is 0 Å². The second-order valence-corrected chi connectivity index (χ2v) is 16.9. The fraction of sp³-hybridized carbons (Fsp3) is 0.143.